The Morgan fingerprint density at radius 2 is 1.04 bits per heavy atom. The van der Waals surface area contributed by atoms with E-state index in [1.807, 2.05) is 6.07 Å². The van der Waals surface area contributed by atoms with Gasteiger partial charge in [-0.05, 0) is 74.8 Å². The minimum absolute atomic E-state index is 0.688. The van der Waals surface area contributed by atoms with Gasteiger partial charge in [-0.15, -0.1) is 0 Å². The number of fused-ring (bicyclic) bond motifs is 7. The minimum atomic E-state index is 0.688. The van der Waals surface area contributed by atoms with E-state index in [1.54, 1.807) is 0 Å². The molecule has 10 rings (SSSR count). The van der Waals surface area contributed by atoms with E-state index in [0.717, 1.165) is 55.0 Å². The maximum Gasteiger partial charge on any atom is 0.160 e. The summed E-state index contributed by atoms with van der Waals surface area (Å²) in [6.07, 6.45) is 0. The second kappa shape index (κ2) is 11.0. The largest absolute Gasteiger partial charge is 0.455 e. The van der Waals surface area contributed by atoms with E-state index >= 15 is 0 Å². The summed E-state index contributed by atoms with van der Waals surface area (Å²) in [6, 6.07) is 59.7. The molecule has 0 atom stereocenters. The second-order valence-electron chi connectivity index (χ2n) is 12.6. The molecule has 228 valence electrons. The third kappa shape index (κ3) is 4.59. The lowest BCUT2D eigenvalue weighted by atomic mass is 9.95. The molecule has 3 heteroatoms. The van der Waals surface area contributed by atoms with Crippen LogP contribution in [0.4, 0.5) is 0 Å². The topological polar surface area (TPSA) is 38.9 Å². The average molecular weight is 625 g/mol. The van der Waals surface area contributed by atoms with Crippen molar-refractivity contribution in [1.29, 1.82) is 0 Å². The third-order valence-corrected chi connectivity index (χ3v) is 9.66. The van der Waals surface area contributed by atoms with Gasteiger partial charge < -0.3 is 4.42 Å². The average Bonchev–Trinajstić information content (AvgIpc) is 3.55. The maximum absolute atomic E-state index is 6.54. The van der Waals surface area contributed by atoms with Crippen molar-refractivity contribution >= 4 is 54.4 Å². The molecule has 10 aromatic rings. The Morgan fingerprint density at radius 1 is 0.367 bits per heavy atom. The summed E-state index contributed by atoms with van der Waals surface area (Å²) in [7, 11) is 0. The zero-order chi connectivity index (χ0) is 32.3. The Bertz CT molecular complexity index is 2870. The first kappa shape index (κ1) is 27.5. The Morgan fingerprint density at radius 3 is 1.90 bits per heavy atom. The molecular weight excluding hydrogens is 597 g/mol. The highest BCUT2D eigenvalue weighted by Gasteiger charge is 2.17. The first-order chi connectivity index (χ1) is 24.3. The van der Waals surface area contributed by atoms with E-state index in [2.05, 4.69) is 164 Å². The monoisotopic (exact) mass is 624 g/mol. The summed E-state index contributed by atoms with van der Waals surface area (Å²) in [5.74, 6) is 0.688. The van der Waals surface area contributed by atoms with Gasteiger partial charge in [-0.1, -0.05) is 133 Å². The number of nitrogens with zero attached hydrogens (tertiary/aromatic N) is 2. The van der Waals surface area contributed by atoms with E-state index in [-0.39, 0.29) is 0 Å². The maximum atomic E-state index is 6.54. The zero-order valence-electron chi connectivity index (χ0n) is 26.5. The molecule has 2 aromatic heterocycles. The number of benzene rings is 8. The van der Waals surface area contributed by atoms with Crippen LogP contribution in [-0.4, -0.2) is 9.97 Å². The summed E-state index contributed by atoms with van der Waals surface area (Å²) < 4.78 is 6.54. The van der Waals surface area contributed by atoms with E-state index < -0.39 is 0 Å². The van der Waals surface area contributed by atoms with Crippen molar-refractivity contribution in [2.75, 3.05) is 0 Å². The van der Waals surface area contributed by atoms with Gasteiger partial charge in [0.25, 0.3) is 0 Å². The van der Waals surface area contributed by atoms with Crippen molar-refractivity contribution in [3.8, 4) is 44.9 Å². The lowest BCUT2D eigenvalue weighted by Gasteiger charge is -2.11. The van der Waals surface area contributed by atoms with Crippen LogP contribution in [0, 0.1) is 0 Å². The Hall–Kier alpha value is -6.58. The molecular formula is C46H28N2O. The van der Waals surface area contributed by atoms with Crippen molar-refractivity contribution in [3.05, 3.63) is 170 Å². The molecule has 0 unspecified atom stereocenters. The Balaban J connectivity index is 1.11. The number of hydrogen-bond donors (Lipinski definition) is 0. The normalized spacial score (nSPS) is 11.7. The van der Waals surface area contributed by atoms with Gasteiger partial charge in [0.05, 0.1) is 11.2 Å². The van der Waals surface area contributed by atoms with Crippen molar-refractivity contribution in [2.45, 2.75) is 0 Å². The highest BCUT2D eigenvalue weighted by molar-refractivity contribution is 6.19. The number of aromatic nitrogens is 2. The first-order valence-electron chi connectivity index (χ1n) is 16.6. The van der Waals surface area contributed by atoms with Crippen molar-refractivity contribution in [2.24, 2.45) is 0 Å². The molecule has 0 aliphatic heterocycles. The number of para-hydroxylation sites is 1. The molecule has 0 amide bonds. The highest BCUT2D eigenvalue weighted by Crippen LogP contribution is 2.41. The van der Waals surface area contributed by atoms with E-state index in [4.69, 9.17) is 14.4 Å². The highest BCUT2D eigenvalue weighted by atomic mass is 16.3. The molecule has 3 nitrogen and oxygen atoms in total. The fraction of sp³-hybridized carbons (Fsp3) is 0. The zero-order valence-corrected chi connectivity index (χ0v) is 26.5. The molecule has 0 saturated carbocycles. The smallest absolute Gasteiger partial charge is 0.160 e. The summed E-state index contributed by atoms with van der Waals surface area (Å²) in [6.45, 7) is 0. The molecule has 0 N–H and O–H groups in total. The van der Waals surface area contributed by atoms with Gasteiger partial charge in [0.1, 0.15) is 11.2 Å². The first-order valence-corrected chi connectivity index (χ1v) is 16.6. The van der Waals surface area contributed by atoms with Crippen molar-refractivity contribution < 1.29 is 4.42 Å². The molecule has 0 saturated heterocycles. The van der Waals surface area contributed by atoms with Crippen LogP contribution in [0.3, 0.4) is 0 Å². The van der Waals surface area contributed by atoms with Crippen molar-refractivity contribution in [1.82, 2.24) is 9.97 Å². The predicted molar refractivity (Wildman–Crippen MR) is 204 cm³/mol. The molecule has 49 heavy (non-hydrogen) atoms. The molecule has 0 fully saturated rings. The summed E-state index contributed by atoms with van der Waals surface area (Å²) >= 11 is 0. The van der Waals surface area contributed by atoms with Gasteiger partial charge in [-0.25, -0.2) is 9.97 Å². The van der Waals surface area contributed by atoms with Crippen LogP contribution in [0.25, 0.3) is 99.3 Å². The predicted octanol–water partition coefficient (Wildman–Crippen LogP) is 12.5. The fourth-order valence-electron chi connectivity index (χ4n) is 7.21. The van der Waals surface area contributed by atoms with Gasteiger partial charge in [0.15, 0.2) is 5.82 Å². The lowest BCUT2D eigenvalue weighted by Crippen LogP contribution is -1.95. The van der Waals surface area contributed by atoms with Gasteiger partial charge >= 0.3 is 0 Å². The van der Waals surface area contributed by atoms with Gasteiger partial charge in [0, 0.05) is 32.7 Å². The fourth-order valence-corrected chi connectivity index (χ4v) is 7.21. The van der Waals surface area contributed by atoms with Crippen molar-refractivity contribution in [3.63, 3.8) is 0 Å². The van der Waals surface area contributed by atoms with Crippen LogP contribution in [0.2, 0.25) is 0 Å². The quantitative estimate of drug-likeness (QED) is 0.196. The van der Waals surface area contributed by atoms with Crippen LogP contribution in [0.15, 0.2) is 174 Å². The van der Waals surface area contributed by atoms with Crippen LogP contribution >= 0.6 is 0 Å². The van der Waals surface area contributed by atoms with Crippen LogP contribution in [0.5, 0.6) is 0 Å². The SMILES string of the molecule is c1ccc(-c2cc3c4cc(-c5nc(-c6ccc(-c7ccc8ccccc8c7)cc6)c6ccccc6n5)ccc4oc3c3ccccc23)cc1. The molecule has 0 aliphatic carbocycles. The second-order valence-corrected chi connectivity index (χ2v) is 12.6. The molecule has 0 spiro atoms. The van der Waals surface area contributed by atoms with Crippen LogP contribution < -0.4 is 0 Å². The third-order valence-electron chi connectivity index (χ3n) is 9.66. The van der Waals surface area contributed by atoms with Crippen LogP contribution in [0.1, 0.15) is 0 Å². The van der Waals surface area contributed by atoms with E-state index in [9.17, 15) is 0 Å². The van der Waals surface area contributed by atoms with Gasteiger partial charge in [0.2, 0.25) is 0 Å². The molecule has 0 bridgehead atoms. The molecule has 2 heterocycles. The number of furan rings is 1. The summed E-state index contributed by atoms with van der Waals surface area (Å²) in [5.41, 5.74) is 10.3. The van der Waals surface area contributed by atoms with Gasteiger partial charge in [-0.3, -0.25) is 0 Å². The van der Waals surface area contributed by atoms with Gasteiger partial charge in [-0.2, -0.15) is 0 Å². The summed E-state index contributed by atoms with van der Waals surface area (Å²) in [5, 5.41) is 7.92. The standard InChI is InChI=1S/C46H28N2O/c1-2-11-31(12-3-1)39-28-41-40-27-35(24-25-43(40)49-45(41)37-15-7-6-14-36(37)39)46-47-42-17-9-8-16-38(42)44(48-46)32-21-18-30(19-22-32)34-23-20-29-10-4-5-13-33(29)26-34/h1-28H. The number of hydrogen-bond acceptors (Lipinski definition) is 3. The molecule has 8 aromatic carbocycles. The Kier molecular flexibility index (Phi) is 6.18. The lowest BCUT2D eigenvalue weighted by molar-refractivity contribution is 0.672. The summed E-state index contributed by atoms with van der Waals surface area (Å²) in [4.78, 5) is 10.3. The van der Waals surface area contributed by atoms with E-state index in [0.29, 0.717) is 5.82 Å². The Labute approximate surface area is 282 Å². The molecule has 0 radical (unpaired) electrons. The molecule has 0 aliphatic rings. The van der Waals surface area contributed by atoms with E-state index in [1.165, 1.54) is 38.4 Å². The number of rotatable bonds is 4. The van der Waals surface area contributed by atoms with Crippen LogP contribution in [-0.2, 0) is 0 Å². The minimum Gasteiger partial charge on any atom is -0.455 e.